The summed E-state index contributed by atoms with van der Waals surface area (Å²) in [5.41, 5.74) is 7.38. The molecule has 7 nitrogen and oxygen atoms in total. The number of aromatic nitrogens is 2. The zero-order chi connectivity index (χ0) is 21.5. The minimum atomic E-state index is -0.471. The number of likely N-dealkylation sites (tertiary alicyclic amines) is 1. The molecule has 2 heterocycles. The number of nitrogens with zero attached hydrogens (tertiary/aromatic N) is 3. The number of benzene rings is 1. The molecule has 1 aliphatic carbocycles. The molecule has 1 aromatic heterocycles. The summed E-state index contributed by atoms with van der Waals surface area (Å²) in [4.78, 5) is 13.9. The number of ether oxygens (including phenoxy) is 1. The Morgan fingerprint density at radius 2 is 1.97 bits per heavy atom. The maximum atomic E-state index is 12.1. The first-order chi connectivity index (χ1) is 14.1. The van der Waals surface area contributed by atoms with E-state index in [-0.39, 0.29) is 29.0 Å². The van der Waals surface area contributed by atoms with Crippen LogP contribution in [-0.2, 0) is 4.74 Å². The molecule has 1 saturated heterocycles. The van der Waals surface area contributed by atoms with Gasteiger partial charge in [-0.1, -0.05) is 24.0 Å². The number of phenols is 1. The second-order valence-corrected chi connectivity index (χ2v) is 9.26. The van der Waals surface area contributed by atoms with Crippen molar-refractivity contribution in [2.75, 3.05) is 18.8 Å². The van der Waals surface area contributed by atoms with Crippen molar-refractivity contribution in [2.24, 2.45) is 11.3 Å². The van der Waals surface area contributed by atoms with Crippen molar-refractivity contribution in [3.63, 3.8) is 0 Å². The third-order valence-corrected chi connectivity index (χ3v) is 5.48. The highest BCUT2D eigenvalue weighted by Gasteiger charge is 2.54. The van der Waals surface area contributed by atoms with E-state index in [0.717, 1.165) is 25.9 Å². The van der Waals surface area contributed by atoms with Gasteiger partial charge in [-0.15, -0.1) is 10.2 Å². The lowest BCUT2D eigenvalue weighted by molar-refractivity contribution is -0.0832. The molecule has 0 bridgehead atoms. The Morgan fingerprint density at radius 1 is 1.27 bits per heavy atom. The van der Waals surface area contributed by atoms with Crippen molar-refractivity contribution in [2.45, 2.75) is 39.2 Å². The van der Waals surface area contributed by atoms with Crippen LogP contribution in [0.25, 0.3) is 11.3 Å². The highest BCUT2D eigenvalue weighted by Crippen LogP contribution is 2.51. The number of nitrogens with two attached hydrogens (primary N) is 1. The Morgan fingerprint density at radius 3 is 2.63 bits per heavy atom. The zero-order valence-electron chi connectivity index (χ0n) is 17.5. The Labute approximate surface area is 176 Å². The fraction of sp³-hybridized carbons (Fsp3) is 0.435. The minimum absolute atomic E-state index is 0.135. The van der Waals surface area contributed by atoms with E-state index >= 15 is 0 Å². The lowest BCUT2D eigenvalue weighted by Gasteiger charge is -2.57. The smallest absolute Gasteiger partial charge is 0.410 e. The molecule has 2 fully saturated rings. The number of anilines is 1. The van der Waals surface area contributed by atoms with Gasteiger partial charge in [0.2, 0.25) is 0 Å². The van der Waals surface area contributed by atoms with Gasteiger partial charge >= 0.3 is 6.09 Å². The number of nitrogen functional groups attached to an aromatic ring is 1. The van der Waals surface area contributed by atoms with Crippen molar-refractivity contribution in [1.82, 2.24) is 15.1 Å². The van der Waals surface area contributed by atoms with Gasteiger partial charge in [-0.2, -0.15) is 0 Å². The molecule has 1 saturated carbocycles. The molecule has 0 atom stereocenters. The van der Waals surface area contributed by atoms with Crippen LogP contribution in [0.4, 0.5) is 10.6 Å². The maximum Gasteiger partial charge on any atom is 0.410 e. The summed E-state index contributed by atoms with van der Waals surface area (Å²) in [6.45, 7) is 7.09. The molecule has 3 N–H and O–H groups in total. The highest BCUT2D eigenvalue weighted by molar-refractivity contribution is 5.70. The first-order valence-corrected chi connectivity index (χ1v) is 10.1. The monoisotopic (exact) mass is 406 g/mol. The van der Waals surface area contributed by atoms with E-state index in [9.17, 15) is 9.90 Å². The average Bonchev–Trinajstić information content (AvgIpc) is 2.59. The number of hydrogen-bond acceptors (Lipinski definition) is 6. The highest BCUT2D eigenvalue weighted by atomic mass is 16.6. The van der Waals surface area contributed by atoms with Crippen molar-refractivity contribution in [1.29, 1.82) is 0 Å². The Hall–Kier alpha value is -3.27. The van der Waals surface area contributed by atoms with Crippen molar-refractivity contribution < 1.29 is 14.6 Å². The Kier molecular flexibility index (Phi) is 4.81. The molecule has 0 unspecified atom stereocenters. The van der Waals surface area contributed by atoms with Gasteiger partial charge in [0.05, 0.1) is 11.3 Å². The number of para-hydroxylation sites is 1. The summed E-state index contributed by atoms with van der Waals surface area (Å²) in [5.74, 6) is 7.09. The predicted molar refractivity (Wildman–Crippen MR) is 113 cm³/mol. The van der Waals surface area contributed by atoms with Crippen molar-refractivity contribution in [3.05, 3.63) is 35.9 Å². The quantitative estimate of drug-likeness (QED) is 0.704. The summed E-state index contributed by atoms with van der Waals surface area (Å²) >= 11 is 0. The van der Waals surface area contributed by atoms with Gasteiger partial charge in [0, 0.05) is 30.0 Å². The largest absolute Gasteiger partial charge is 0.507 e. The molecule has 7 heteroatoms. The van der Waals surface area contributed by atoms with Gasteiger partial charge in [-0.05, 0) is 51.8 Å². The van der Waals surface area contributed by atoms with Crippen molar-refractivity contribution >= 4 is 11.9 Å². The van der Waals surface area contributed by atoms with Crippen LogP contribution < -0.4 is 5.73 Å². The van der Waals surface area contributed by atoms with Gasteiger partial charge in [0.1, 0.15) is 11.4 Å². The molecule has 2 aromatic rings. The molecule has 1 aliphatic heterocycles. The lowest BCUT2D eigenvalue weighted by Crippen LogP contribution is -2.64. The Bertz CT molecular complexity index is 1030. The van der Waals surface area contributed by atoms with E-state index in [4.69, 9.17) is 10.5 Å². The van der Waals surface area contributed by atoms with Crippen LogP contribution in [0, 0.1) is 23.2 Å². The number of carbonyl (C=O) groups is 1. The number of amides is 1. The molecule has 1 aromatic carbocycles. The van der Waals surface area contributed by atoms with Crippen LogP contribution in [0.5, 0.6) is 5.75 Å². The summed E-state index contributed by atoms with van der Waals surface area (Å²) in [7, 11) is 0. The second-order valence-electron chi connectivity index (χ2n) is 9.26. The second kappa shape index (κ2) is 7.21. The van der Waals surface area contributed by atoms with Gasteiger partial charge in [-0.3, -0.25) is 0 Å². The van der Waals surface area contributed by atoms with Gasteiger partial charge < -0.3 is 20.5 Å². The summed E-state index contributed by atoms with van der Waals surface area (Å²) in [6, 6.07) is 8.71. The Balaban J connectivity index is 1.37. The molecule has 1 spiro atoms. The van der Waals surface area contributed by atoms with Crippen LogP contribution in [-0.4, -0.2) is 45.0 Å². The first-order valence-electron chi connectivity index (χ1n) is 10.1. The van der Waals surface area contributed by atoms with E-state index in [1.165, 1.54) is 0 Å². The zero-order valence-corrected chi connectivity index (χ0v) is 17.5. The van der Waals surface area contributed by atoms with Crippen LogP contribution in [0.1, 0.15) is 39.2 Å². The number of carbonyl (C=O) groups excluding carboxylic acids is 1. The SMILES string of the molecule is CC(C)(C)OC(=O)N1CC2(CC(C#Cc3cc(-c4ccccc4O)nnc3N)C2)C1. The topological polar surface area (TPSA) is 102 Å². The molecule has 4 rings (SSSR count). The molecule has 30 heavy (non-hydrogen) atoms. The number of phenolic OH excluding ortho intramolecular Hbond substituents is 1. The maximum absolute atomic E-state index is 12.1. The number of aromatic hydroxyl groups is 1. The molecule has 1 amide bonds. The lowest BCUT2D eigenvalue weighted by atomic mass is 9.58. The van der Waals surface area contributed by atoms with Crippen LogP contribution in [0.3, 0.4) is 0 Å². The molecular formula is C23H26N4O3. The van der Waals surface area contributed by atoms with Gasteiger partial charge in [-0.25, -0.2) is 4.79 Å². The van der Waals surface area contributed by atoms with E-state index in [0.29, 0.717) is 16.8 Å². The van der Waals surface area contributed by atoms with Gasteiger partial charge in [0.15, 0.2) is 5.82 Å². The molecule has 156 valence electrons. The summed E-state index contributed by atoms with van der Waals surface area (Å²) in [6.07, 6.45) is 1.68. The summed E-state index contributed by atoms with van der Waals surface area (Å²) in [5, 5.41) is 18.1. The van der Waals surface area contributed by atoms with E-state index in [1.807, 2.05) is 26.8 Å². The third-order valence-electron chi connectivity index (χ3n) is 5.48. The predicted octanol–water partition coefficient (Wildman–Crippen LogP) is 3.43. The van der Waals surface area contributed by atoms with Gasteiger partial charge in [0.25, 0.3) is 0 Å². The average molecular weight is 406 g/mol. The third kappa shape index (κ3) is 4.04. The van der Waals surface area contributed by atoms with Crippen LogP contribution >= 0.6 is 0 Å². The van der Waals surface area contributed by atoms with E-state index < -0.39 is 5.60 Å². The van der Waals surface area contributed by atoms with Crippen LogP contribution in [0.2, 0.25) is 0 Å². The van der Waals surface area contributed by atoms with Crippen molar-refractivity contribution in [3.8, 4) is 28.8 Å². The normalized spacial score (nSPS) is 17.5. The molecule has 2 aliphatic rings. The van der Waals surface area contributed by atoms with E-state index in [1.54, 1.807) is 29.2 Å². The van der Waals surface area contributed by atoms with Crippen LogP contribution in [0.15, 0.2) is 30.3 Å². The minimum Gasteiger partial charge on any atom is -0.507 e. The molecular weight excluding hydrogens is 380 g/mol. The fourth-order valence-electron chi connectivity index (χ4n) is 4.07. The fourth-order valence-corrected chi connectivity index (χ4v) is 4.07. The number of hydrogen-bond donors (Lipinski definition) is 2. The standard InChI is InChI=1S/C23H26N4O3/c1-22(2,3)30-21(29)27-13-23(14-27)11-15(12-23)8-9-16-10-18(25-26-20(16)24)17-6-4-5-7-19(17)28/h4-7,10,15,28H,11-14H2,1-3H3,(H2,24,26). The first kappa shape index (κ1) is 20.0. The summed E-state index contributed by atoms with van der Waals surface area (Å²) < 4.78 is 5.42. The number of rotatable bonds is 1. The van der Waals surface area contributed by atoms with E-state index in [2.05, 4.69) is 22.0 Å². The molecule has 0 radical (unpaired) electrons.